The van der Waals surface area contributed by atoms with E-state index in [1.54, 1.807) is 11.8 Å². The number of hydrogen-bond donors (Lipinski definition) is 2. The van der Waals surface area contributed by atoms with E-state index >= 15 is 0 Å². The van der Waals surface area contributed by atoms with Crippen molar-refractivity contribution in [3.8, 4) is 27.5 Å². The fourth-order valence-corrected chi connectivity index (χ4v) is 6.52. The second-order valence-electron chi connectivity index (χ2n) is 10.1. The highest BCUT2D eigenvalue weighted by atomic mass is 35.5. The molecule has 3 amide bonds. The maximum Gasteiger partial charge on any atom is 0.321 e. The minimum atomic E-state index is -0.639. The lowest BCUT2D eigenvalue weighted by Gasteiger charge is -2.34. The van der Waals surface area contributed by atoms with Gasteiger partial charge in [0.25, 0.3) is 0 Å². The average Bonchev–Trinajstić information content (AvgIpc) is 3.55. The van der Waals surface area contributed by atoms with E-state index in [4.69, 9.17) is 21.7 Å². The predicted octanol–water partition coefficient (Wildman–Crippen LogP) is 4.70. The summed E-state index contributed by atoms with van der Waals surface area (Å²) < 4.78 is 1.90. The van der Waals surface area contributed by atoms with Gasteiger partial charge in [-0.2, -0.15) is 5.10 Å². The Balaban J connectivity index is 1.27. The standard InChI is InChI=1S/C29H30ClN7O2S/c1-18(27(38)36-16-14-35(2)15-17-36)31-28(39)33-29-32-22-13-12-20-24(19-8-4-3-5-9-19)34-37(25(20)26(22)40-29)23-11-7-6-10-21(23)30/h3-11,18H,12-17H2,1-2H3,(H2,31,32,33,39)/t18-/m0/s1. The maximum atomic E-state index is 12.9. The first kappa shape index (κ1) is 26.5. The number of amides is 3. The zero-order valence-corrected chi connectivity index (χ0v) is 23.9. The van der Waals surface area contributed by atoms with E-state index in [0.29, 0.717) is 23.2 Å². The Bertz CT molecular complexity index is 1560. The predicted molar refractivity (Wildman–Crippen MR) is 158 cm³/mol. The number of anilines is 1. The van der Waals surface area contributed by atoms with Crippen LogP contribution in [0.15, 0.2) is 54.6 Å². The Morgan fingerprint density at radius 3 is 2.48 bits per heavy atom. The van der Waals surface area contributed by atoms with Gasteiger partial charge in [0, 0.05) is 37.3 Å². The third-order valence-electron chi connectivity index (χ3n) is 7.39. The number of para-hydroxylation sites is 1. The summed E-state index contributed by atoms with van der Waals surface area (Å²) in [5.41, 5.74) is 5.71. The molecule has 206 valence electrons. The van der Waals surface area contributed by atoms with Gasteiger partial charge in [-0.15, -0.1) is 0 Å². The van der Waals surface area contributed by atoms with Crippen molar-refractivity contribution < 1.29 is 9.59 Å². The molecule has 0 saturated carbocycles. The first-order valence-corrected chi connectivity index (χ1v) is 14.6. The van der Waals surface area contributed by atoms with Gasteiger partial charge < -0.3 is 15.1 Å². The number of rotatable bonds is 5. The van der Waals surface area contributed by atoms with Crippen LogP contribution in [0.1, 0.15) is 18.2 Å². The van der Waals surface area contributed by atoms with Crippen LogP contribution in [0, 0.1) is 0 Å². The number of nitrogens with one attached hydrogen (secondary N) is 2. The van der Waals surface area contributed by atoms with E-state index in [1.165, 1.54) is 11.3 Å². The fraction of sp³-hybridized carbons (Fsp3) is 0.310. The quantitative estimate of drug-likeness (QED) is 0.360. The number of nitrogens with zero attached hydrogens (tertiary/aromatic N) is 5. The van der Waals surface area contributed by atoms with Crippen LogP contribution in [0.5, 0.6) is 0 Å². The molecule has 2 aromatic heterocycles. The van der Waals surface area contributed by atoms with Crippen molar-refractivity contribution in [2.45, 2.75) is 25.8 Å². The SMILES string of the molecule is C[C@H](NC(=O)Nc1nc2c(s1)-c1c(c(-c3ccccc3)nn1-c1ccccc1Cl)CC2)C(=O)N1CCN(C)CC1. The number of fused-ring (bicyclic) bond motifs is 3. The number of halogens is 1. The molecule has 3 heterocycles. The third-order valence-corrected chi connectivity index (χ3v) is 8.73. The highest BCUT2D eigenvalue weighted by Gasteiger charge is 2.31. The van der Waals surface area contributed by atoms with Crippen molar-refractivity contribution >= 4 is 40.0 Å². The van der Waals surface area contributed by atoms with E-state index in [0.717, 1.165) is 64.7 Å². The minimum absolute atomic E-state index is 0.0802. The summed E-state index contributed by atoms with van der Waals surface area (Å²) in [5.74, 6) is -0.0802. The molecule has 1 aliphatic carbocycles. The van der Waals surface area contributed by atoms with Crippen molar-refractivity contribution in [2.75, 3.05) is 38.5 Å². The number of carbonyl (C=O) groups is 2. The molecule has 0 bridgehead atoms. The van der Waals surface area contributed by atoms with Crippen LogP contribution in [0.2, 0.25) is 5.02 Å². The number of aryl methyl sites for hydroxylation is 1. The molecule has 9 nitrogen and oxygen atoms in total. The molecule has 6 rings (SSSR count). The van der Waals surface area contributed by atoms with Crippen molar-refractivity contribution in [1.29, 1.82) is 0 Å². The maximum absolute atomic E-state index is 12.9. The molecule has 2 aromatic carbocycles. The molecule has 2 N–H and O–H groups in total. The van der Waals surface area contributed by atoms with Gasteiger partial charge in [-0.1, -0.05) is 65.4 Å². The normalized spacial score (nSPS) is 15.7. The highest BCUT2D eigenvalue weighted by Crippen LogP contribution is 2.44. The van der Waals surface area contributed by atoms with Crippen LogP contribution >= 0.6 is 22.9 Å². The Labute approximate surface area is 241 Å². The van der Waals surface area contributed by atoms with Crippen LogP contribution in [0.3, 0.4) is 0 Å². The number of aromatic nitrogens is 3. The Morgan fingerprint density at radius 1 is 1.00 bits per heavy atom. The molecule has 0 spiro atoms. The number of piperazine rings is 1. The van der Waals surface area contributed by atoms with E-state index in [9.17, 15) is 9.59 Å². The van der Waals surface area contributed by atoms with Gasteiger partial charge in [-0.05, 0) is 38.9 Å². The molecule has 1 saturated heterocycles. The summed E-state index contributed by atoms with van der Waals surface area (Å²) >= 11 is 8.03. The minimum Gasteiger partial charge on any atom is -0.338 e. The second-order valence-corrected chi connectivity index (χ2v) is 11.6. The Kier molecular flexibility index (Phi) is 7.31. The number of likely N-dealkylation sites (N-methyl/N-ethyl adjacent to an activating group) is 1. The number of hydrogen-bond acceptors (Lipinski definition) is 6. The second kappa shape index (κ2) is 11.0. The lowest BCUT2D eigenvalue weighted by atomic mass is 9.95. The molecular weight excluding hydrogens is 546 g/mol. The number of carbonyl (C=O) groups excluding carboxylic acids is 2. The van der Waals surface area contributed by atoms with Gasteiger partial charge in [0.2, 0.25) is 5.91 Å². The number of thiazole rings is 1. The molecule has 11 heteroatoms. The van der Waals surface area contributed by atoms with Crippen LogP contribution in [0.25, 0.3) is 27.5 Å². The zero-order chi connectivity index (χ0) is 27.8. The molecule has 0 radical (unpaired) electrons. The lowest BCUT2D eigenvalue weighted by Crippen LogP contribution is -2.53. The Hall–Kier alpha value is -3.73. The molecule has 4 aromatic rings. The summed E-state index contributed by atoms with van der Waals surface area (Å²) in [6.45, 7) is 4.69. The van der Waals surface area contributed by atoms with Crippen LogP contribution in [0.4, 0.5) is 9.93 Å². The molecular formula is C29H30ClN7O2S. The lowest BCUT2D eigenvalue weighted by molar-refractivity contribution is -0.134. The third kappa shape index (κ3) is 5.10. The van der Waals surface area contributed by atoms with E-state index in [2.05, 4.69) is 27.7 Å². The summed E-state index contributed by atoms with van der Waals surface area (Å²) in [6, 6.07) is 16.7. The summed E-state index contributed by atoms with van der Waals surface area (Å²) in [4.78, 5) is 35.4. The van der Waals surface area contributed by atoms with E-state index < -0.39 is 12.1 Å². The van der Waals surface area contributed by atoms with Gasteiger partial charge in [0.05, 0.1) is 32.7 Å². The van der Waals surface area contributed by atoms with Gasteiger partial charge in [-0.3, -0.25) is 10.1 Å². The van der Waals surface area contributed by atoms with Crippen molar-refractivity contribution in [3.05, 3.63) is 70.9 Å². The van der Waals surface area contributed by atoms with Crippen LogP contribution < -0.4 is 10.6 Å². The molecule has 0 unspecified atom stereocenters. The summed E-state index contributed by atoms with van der Waals surface area (Å²) in [5, 5.41) is 11.7. The van der Waals surface area contributed by atoms with Crippen molar-refractivity contribution in [1.82, 2.24) is 29.9 Å². The number of benzene rings is 2. The van der Waals surface area contributed by atoms with Gasteiger partial charge in [0.15, 0.2) is 5.13 Å². The number of urea groups is 1. The smallest absolute Gasteiger partial charge is 0.321 e. The monoisotopic (exact) mass is 575 g/mol. The van der Waals surface area contributed by atoms with Crippen LogP contribution in [-0.4, -0.2) is 75.8 Å². The molecule has 1 fully saturated rings. The van der Waals surface area contributed by atoms with Gasteiger partial charge in [-0.25, -0.2) is 14.5 Å². The molecule has 1 aliphatic heterocycles. The zero-order valence-electron chi connectivity index (χ0n) is 22.4. The van der Waals surface area contributed by atoms with Crippen molar-refractivity contribution in [2.24, 2.45) is 0 Å². The molecule has 40 heavy (non-hydrogen) atoms. The summed E-state index contributed by atoms with van der Waals surface area (Å²) in [6.07, 6.45) is 1.50. The molecule has 1 atom stereocenters. The van der Waals surface area contributed by atoms with Gasteiger partial charge >= 0.3 is 6.03 Å². The largest absolute Gasteiger partial charge is 0.338 e. The van der Waals surface area contributed by atoms with Crippen molar-refractivity contribution in [3.63, 3.8) is 0 Å². The van der Waals surface area contributed by atoms with E-state index in [1.807, 2.05) is 54.2 Å². The average molecular weight is 576 g/mol. The first-order valence-electron chi connectivity index (χ1n) is 13.4. The van der Waals surface area contributed by atoms with Gasteiger partial charge in [0.1, 0.15) is 6.04 Å². The highest BCUT2D eigenvalue weighted by molar-refractivity contribution is 7.19. The summed E-state index contributed by atoms with van der Waals surface area (Å²) in [7, 11) is 2.04. The first-order chi connectivity index (χ1) is 19.4. The van der Waals surface area contributed by atoms with E-state index in [-0.39, 0.29) is 5.91 Å². The fourth-order valence-electron chi connectivity index (χ4n) is 5.24. The molecule has 2 aliphatic rings. The topological polar surface area (TPSA) is 95.4 Å². The van der Waals surface area contributed by atoms with Crippen LogP contribution in [-0.2, 0) is 17.6 Å². The Morgan fingerprint density at radius 2 is 1.73 bits per heavy atom.